The number of ether oxygens (including phenoxy) is 1. The first-order chi connectivity index (χ1) is 12.8. The van der Waals surface area contributed by atoms with Gasteiger partial charge in [-0.3, -0.25) is 9.59 Å². The lowest BCUT2D eigenvalue weighted by atomic mass is 9.84. The summed E-state index contributed by atoms with van der Waals surface area (Å²) < 4.78 is 32.6. The van der Waals surface area contributed by atoms with Crippen molar-refractivity contribution in [3.63, 3.8) is 0 Å². The van der Waals surface area contributed by atoms with Crippen LogP contribution in [0.1, 0.15) is 57.4 Å². The average molecular weight is 396 g/mol. The molecule has 2 rings (SSSR count). The van der Waals surface area contributed by atoms with Gasteiger partial charge in [-0.05, 0) is 45.2 Å². The lowest BCUT2D eigenvalue weighted by Crippen LogP contribution is -2.42. The number of rotatable bonds is 9. The van der Waals surface area contributed by atoms with Crippen LogP contribution in [0.5, 0.6) is 0 Å². The van der Waals surface area contributed by atoms with Crippen LogP contribution in [-0.2, 0) is 24.3 Å². The lowest BCUT2D eigenvalue weighted by Gasteiger charge is -2.22. The van der Waals surface area contributed by atoms with Gasteiger partial charge in [0.15, 0.2) is 0 Å². The number of aryl methyl sites for hydroxylation is 1. The molecule has 1 atom stereocenters. The maximum atomic E-state index is 12.6. The summed E-state index contributed by atoms with van der Waals surface area (Å²) in [5, 5.41) is 0. The van der Waals surface area contributed by atoms with Gasteiger partial charge in [-0.1, -0.05) is 37.0 Å². The van der Waals surface area contributed by atoms with Crippen molar-refractivity contribution >= 4 is 21.8 Å². The molecule has 0 radical (unpaired) electrons. The molecule has 1 saturated carbocycles. The zero-order chi connectivity index (χ0) is 19.9. The predicted octanol–water partition coefficient (Wildman–Crippen LogP) is 3.13. The van der Waals surface area contributed by atoms with Crippen molar-refractivity contribution in [2.75, 3.05) is 6.61 Å². The van der Waals surface area contributed by atoms with E-state index in [1.807, 2.05) is 6.92 Å². The number of esters is 1. The van der Waals surface area contributed by atoms with Gasteiger partial charge in [0.05, 0.1) is 11.5 Å². The van der Waals surface area contributed by atoms with Crippen molar-refractivity contribution in [1.82, 2.24) is 4.72 Å². The van der Waals surface area contributed by atoms with Crippen LogP contribution in [0, 0.1) is 12.8 Å². The van der Waals surface area contributed by atoms with Crippen molar-refractivity contribution < 1.29 is 22.7 Å². The molecule has 0 unspecified atom stereocenters. The molecule has 1 N–H and O–H groups in total. The van der Waals surface area contributed by atoms with Crippen LogP contribution in [0.15, 0.2) is 29.2 Å². The van der Waals surface area contributed by atoms with Crippen LogP contribution in [0.2, 0.25) is 0 Å². The van der Waals surface area contributed by atoms with Crippen LogP contribution in [-0.4, -0.2) is 32.8 Å². The second kappa shape index (κ2) is 9.99. The van der Waals surface area contributed by atoms with Crippen LogP contribution >= 0.6 is 0 Å². The van der Waals surface area contributed by atoms with Crippen LogP contribution in [0.3, 0.4) is 0 Å². The average Bonchev–Trinajstić information content (AvgIpc) is 2.66. The van der Waals surface area contributed by atoms with Crippen LogP contribution in [0.4, 0.5) is 0 Å². The van der Waals surface area contributed by atoms with E-state index in [-0.39, 0.29) is 36.0 Å². The van der Waals surface area contributed by atoms with Crippen molar-refractivity contribution in [3.8, 4) is 0 Å². The normalized spacial score (nSPS) is 16.7. The van der Waals surface area contributed by atoms with Gasteiger partial charge >= 0.3 is 5.97 Å². The van der Waals surface area contributed by atoms with E-state index in [9.17, 15) is 18.0 Å². The third kappa shape index (κ3) is 6.43. The molecule has 0 bridgehead atoms. The van der Waals surface area contributed by atoms with E-state index in [1.54, 1.807) is 19.1 Å². The van der Waals surface area contributed by atoms with Crippen molar-refractivity contribution in [3.05, 3.63) is 29.8 Å². The topological polar surface area (TPSA) is 89.5 Å². The molecule has 1 aliphatic carbocycles. The minimum atomic E-state index is -3.87. The van der Waals surface area contributed by atoms with E-state index in [2.05, 4.69) is 4.72 Å². The Labute approximate surface area is 161 Å². The van der Waals surface area contributed by atoms with E-state index >= 15 is 0 Å². The second-order valence-corrected chi connectivity index (χ2v) is 8.79. The predicted molar refractivity (Wildman–Crippen MR) is 103 cm³/mol. The number of Topliss-reactive ketones (excluding diaryl/α,β-unsaturated/α-hetero) is 1. The molecule has 150 valence electrons. The second-order valence-electron chi connectivity index (χ2n) is 7.08. The van der Waals surface area contributed by atoms with Gasteiger partial charge in [-0.25, -0.2) is 8.42 Å². The van der Waals surface area contributed by atoms with Crippen LogP contribution < -0.4 is 4.72 Å². The number of benzene rings is 1. The summed E-state index contributed by atoms with van der Waals surface area (Å²) >= 11 is 0. The third-order valence-electron chi connectivity index (χ3n) is 4.94. The number of sulfonamides is 1. The summed E-state index contributed by atoms with van der Waals surface area (Å²) in [6.45, 7) is 3.68. The van der Waals surface area contributed by atoms with Gasteiger partial charge in [-0.2, -0.15) is 4.72 Å². The highest BCUT2D eigenvalue weighted by Gasteiger charge is 2.29. The molecule has 6 nitrogen and oxygen atoms in total. The fourth-order valence-corrected chi connectivity index (χ4v) is 4.57. The molecule has 1 aliphatic rings. The first-order valence-corrected chi connectivity index (χ1v) is 11.1. The van der Waals surface area contributed by atoms with Gasteiger partial charge in [0, 0.05) is 12.3 Å². The molecule has 1 aromatic rings. The Hall–Kier alpha value is -1.73. The van der Waals surface area contributed by atoms with Crippen molar-refractivity contribution in [2.24, 2.45) is 5.92 Å². The highest BCUT2D eigenvalue weighted by atomic mass is 32.2. The lowest BCUT2D eigenvalue weighted by molar-refractivity contribution is -0.145. The summed E-state index contributed by atoms with van der Waals surface area (Å²) in [4.78, 5) is 24.7. The number of nitrogens with one attached hydrogen (secondary N) is 1. The maximum absolute atomic E-state index is 12.6. The Morgan fingerprint density at radius 1 is 1.15 bits per heavy atom. The zero-order valence-corrected chi connectivity index (χ0v) is 16.9. The first-order valence-electron chi connectivity index (χ1n) is 9.62. The number of carbonyl (C=O) groups excluding carboxylic acids is 2. The summed E-state index contributed by atoms with van der Waals surface area (Å²) in [7, 11) is -3.87. The fourth-order valence-electron chi connectivity index (χ4n) is 3.36. The maximum Gasteiger partial charge on any atom is 0.324 e. The number of hydrogen-bond acceptors (Lipinski definition) is 5. The first kappa shape index (κ1) is 21.6. The highest BCUT2D eigenvalue weighted by molar-refractivity contribution is 7.89. The molecule has 0 aromatic heterocycles. The minimum Gasteiger partial charge on any atom is -0.465 e. The minimum absolute atomic E-state index is 0.0373. The van der Waals surface area contributed by atoms with E-state index in [1.165, 1.54) is 12.1 Å². The Morgan fingerprint density at radius 2 is 1.78 bits per heavy atom. The molecule has 0 aliphatic heterocycles. The quantitative estimate of drug-likeness (QED) is 0.649. The fraction of sp³-hybridized carbons (Fsp3) is 0.600. The van der Waals surface area contributed by atoms with Gasteiger partial charge in [0.25, 0.3) is 0 Å². The standard InChI is InChI=1S/C20H29NO5S/c1-3-26-20(23)18(13-14-19(22)16-7-5-4-6-8-16)21-27(24,25)17-11-9-15(2)10-12-17/h9-12,16,18,21H,3-8,13-14H2,1-2H3/t18-/m0/s1. The van der Waals surface area contributed by atoms with Crippen molar-refractivity contribution in [2.45, 2.75) is 69.7 Å². The van der Waals surface area contributed by atoms with E-state index in [4.69, 9.17) is 4.74 Å². The largest absolute Gasteiger partial charge is 0.465 e. The van der Waals surface area contributed by atoms with Gasteiger partial charge < -0.3 is 4.74 Å². The summed E-state index contributed by atoms with van der Waals surface area (Å²) in [6, 6.07) is 5.31. The SMILES string of the molecule is CCOC(=O)[C@H](CCC(=O)C1CCCCC1)NS(=O)(=O)c1ccc(C)cc1. The van der Waals surface area contributed by atoms with Gasteiger partial charge in [-0.15, -0.1) is 0 Å². The Morgan fingerprint density at radius 3 is 2.37 bits per heavy atom. The molecular formula is C20H29NO5S. The Kier molecular flexibility index (Phi) is 7.98. The number of carbonyl (C=O) groups is 2. The molecule has 1 aromatic carbocycles. The molecule has 7 heteroatoms. The molecule has 0 heterocycles. The van der Waals surface area contributed by atoms with E-state index < -0.39 is 22.0 Å². The van der Waals surface area contributed by atoms with Crippen molar-refractivity contribution in [1.29, 1.82) is 0 Å². The molecule has 0 spiro atoms. The third-order valence-corrected chi connectivity index (χ3v) is 6.43. The molecule has 1 fully saturated rings. The van der Waals surface area contributed by atoms with Crippen LogP contribution in [0.25, 0.3) is 0 Å². The summed E-state index contributed by atoms with van der Waals surface area (Å²) in [6.07, 6.45) is 5.32. The Bertz CT molecular complexity index is 736. The van der Waals surface area contributed by atoms with E-state index in [0.29, 0.717) is 0 Å². The number of hydrogen-bond donors (Lipinski definition) is 1. The highest BCUT2D eigenvalue weighted by Crippen LogP contribution is 2.26. The number of ketones is 1. The van der Waals surface area contributed by atoms with Gasteiger partial charge in [0.1, 0.15) is 11.8 Å². The summed E-state index contributed by atoms with van der Waals surface area (Å²) in [5.74, 6) is -0.501. The smallest absolute Gasteiger partial charge is 0.324 e. The van der Waals surface area contributed by atoms with E-state index in [0.717, 1.165) is 37.7 Å². The molecule has 0 saturated heterocycles. The Balaban J connectivity index is 2.05. The zero-order valence-electron chi connectivity index (χ0n) is 16.1. The molecular weight excluding hydrogens is 366 g/mol. The molecule has 27 heavy (non-hydrogen) atoms. The monoisotopic (exact) mass is 395 g/mol. The summed E-state index contributed by atoms with van der Waals surface area (Å²) in [5.41, 5.74) is 0.939. The molecule has 0 amide bonds. The van der Waals surface area contributed by atoms with Gasteiger partial charge in [0.2, 0.25) is 10.0 Å².